The number of nitrogens with zero attached hydrogens (tertiary/aromatic N) is 2. The topological polar surface area (TPSA) is 66.9 Å². The maximum atomic E-state index is 12.9. The van der Waals surface area contributed by atoms with Crippen LogP contribution in [-0.4, -0.2) is 45.7 Å². The lowest BCUT2D eigenvalue weighted by Crippen LogP contribution is -2.48. The van der Waals surface area contributed by atoms with E-state index in [1.54, 1.807) is 38.2 Å². The molecular weight excluding hydrogens is 423 g/mol. The number of halogens is 2. The average molecular weight is 445 g/mol. The van der Waals surface area contributed by atoms with Crippen LogP contribution in [0.1, 0.15) is 12.5 Å². The average Bonchev–Trinajstić information content (AvgIpc) is 2.62. The molecule has 2 rings (SSSR count). The van der Waals surface area contributed by atoms with Gasteiger partial charge in [0, 0.05) is 18.6 Å². The summed E-state index contributed by atoms with van der Waals surface area (Å²) in [5.74, 6) is 0.0602. The van der Waals surface area contributed by atoms with Gasteiger partial charge in [-0.15, -0.1) is 0 Å². The molecular formula is C19H22Cl2N2O4S. The summed E-state index contributed by atoms with van der Waals surface area (Å²) in [5, 5.41) is 0.855. The summed E-state index contributed by atoms with van der Waals surface area (Å²) in [4.78, 5) is 14.4. The Morgan fingerprint density at radius 3 is 2.25 bits per heavy atom. The van der Waals surface area contributed by atoms with Crippen LogP contribution in [-0.2, 0) is 21.4 Å². The van der Waals surface area contributed by atoms with Gasteiger partial charge in [0.2, 0.25) is 15.9 Å². The van der Waals surface area contributed by atoms with Crippen molar-refractivity contribution in [1.82, 2.24) is 4.90 Å². The van der Waals surface area contributed by atoms with Gasteiger partial charge in [-0.05, 0) is 42.8 Å². The van der Waals surface area contributed by atoms with Gasteiger partial charge in [-0.3, -0.25) is 9.10 Å². The number of rotatable bonds is 7. The second kappa shape index (κ2) is 9.03. The first-order valence-corrected chi connectivity index (χ1v) is 11.0. The third-order valence-corrected chi connectivity index (χ3v) is 5.95. The summed E-state index contributed by atoms with van der Waals surface area (Å²) in [6.45, 7) is 1.86. The van der Waals surface area contributed by atoms with Crippen molar-refractivity contribution < 1.29 is 17.9 Å². The first-order valence-electron chi connectivity index (χ1n) is 8.37. The van der Waals surface area contributed by atoms with E-state index in [0.717, 1.165) is 16.1 Å². The van der Waals surface area contributed by atoms with Gasteiger partial charge in [-0.2, -0.15) is 0 Å². The lowest BCUT2D eigenvalue weighted by atomic mass is 10.2. The summed E-state index contributed by atoms with van der Waals surface area (Å²) in [6.07, 6.45) is 1.05. The number of methoxy groups -OCH3 is 1. The van der Waals surface area contributed by atoms with Crippen LogP contribution in [0.5, 0.6) is 5.75 Å². The van der Waals surface area contributed by atoms with Crippen molar-refractivity contribution in [3.8, 4) is 5.75 Å². The summed E-state index contributed by atoms with van der Waals surface area (Å²) < 4.78 is 31.0. The SMILES string of the molecule is COc1ccc(N([C@@H](C)C(=O)N(C)Cc2ccc(Cl)cc2)S(C)(=O)=O)cc1Cl. The molecule has 0 saturated heterocycles. The number of hydrogen-bond acceptors (Lipinski definition) is 4. The predicted octanol–water partition coefficient (Wildman–Crippen LogP) is 3.82. The number of likely N-dealkylation sites (N-methyl/N-ethyl adjacent to an activating group) is 1. The zero-order valence-corrected chi connectivity index (χ0v) is 18.3. The van der Waals surface area contributed by atoms with Crippen molar-refractivity contribution in [2.24, 2.45) is 0 Å². The minimum absolute atomic E-state index is 0.253. The Kier molecular flexibility index (Phi) is 7.20. The van der Waals surface area contributed by atoms with E-state index >= 15 is 0 Å². The van der Waals surface area contributed by atoms with Gasteiger partial charge in [0.05, 0.1) is 24.1 Å². The molecule has 2 aromatic rings. The van der Waals surface area contributed by atoms with Crippen LogP contribution in [0, 0.1) is 0 Å². The highest BCUT2D eigenvalue weighted by Gasteiger charge is 2.31. The van der Waals surface area contributed by atoms with Crippen LogP contribution < -0.4 is 9.04 Å². The summed E-state index contributed by atoms with van der Waals surface area (Å²) in [6, 6.07) is 10.7. The van der Waals surface area contributed by atoms with Crippen LogP contribution in [0.2, 0.25) is 10.0 Å². The van der Waals surface area contributed by atoms with Crippen LogP contribution >= 0.6 is 23.2 Å². The zero-order valence-electron chi connectivity index (χ0n) is 16.0. The van der Waals surface area contributed by atoms with Crippen molar-refractivity contribution in [2.45, 2.75) is 19.5 Å². The molecule has 0 aliphatic rings. The fourth-order valence-electron chi connectivity index (χ4n) is 2.86. The van der Waals surface area contributed by atoms with Crippen molar-refractivity contribution >= 4 is 44.8 Å². The number of hydrogen-bond donors (Lipinski definition) is 0. The van der Waals surface area contributed by atoms with E-state index in [1.807, 2.05) is 12.1 Å². The van der Waals surface area contributed by atoms with E-state index in [0.29, 0.717) is 17.3 Å². The Morgan fingerprint density at radius 1 is 1.14 bits per heavy atom. The fraction of sp³-hybridized carbons (Fsp3) is 0.316. The molecule has 0 unspecified atom stereocenters. The molecule has 2 aromatic carbocycles. The number of ether oxygens (including phenoxy) is 1. The molecule has 0 saturated carbocycles. The molecule has 152 valence electrons. The first kappa shape index (κ1) is 22.3. The van der Waals surface area contributed by atoms with Crippen LogP contribution in [0.4, 0.5) is 5.69 Å². The Hall–Kier alpha value is -1.96. The standard InChI is InChI=1S/C19H22Cl2N2O4S/c1-13(19(24)22(2)12-14-5-7-15(20)8-6-14)23(28(4,25)26)16-9-10-18(27-3)17(21)11-16/h5-11,13H,12H2,1-4H3/t13-/m0/s1. The third kappa shape index (κ3) is 5.31. The monoisotopic (exact) mass is 444 g/mol. The second-order valence-electron chi connectivity index (χ2n) is 6.37. The van der Waals surface area contributed by atoms with Gasteiger partial charge in [0.25, 0.3) is 0 Å². The minimum atomic E-state index is -3.74. The lowest BCUT2D eigenvalue weighted by molar-refractivity contribution is -0.131. The third-order valence-electron chi connectivity index (χ3n) is 4.17. The van der Waals surface area contributed by atoms with Crippen molar-refractivity contribution in [1.29, 1.82) is 0 Å². The van der Waals surface area contributed by atoms with Gasteiger partial charge in [0.15, 0.2) is 0 Å². The highest BCUT2D eigenvalue weighted by Crippen LogP contribution is 2.31. The highest BCUT2D eigenvalue weighted by molar-refractivity contribution is 7.92. The molecule has 9 heteroatoms. The number of carbonyl (C=O) groups excluding carboxylic acids is 1. The highest BCUT2D eigenvalue weighted by atomic mass is 35.5. The van der Waals surface area contributed by atoms with E-state index in [9.17, 15) is 13.2 Å². The normalized spacial score (nSPS) is 12.4. The molecule has 1 atom stereocenters. The molecule has 0 radical (unpaired) electrons. The Labute approximate surface area is 175 Å². The maximum absolute atomic E-state index is 12.9. The first-order chi connectivity index (χ1) is 13.0. The van der Waals surface area contributed by atoms with Gasteiger partial charge in [0.1, 0.15) is 11.8 Å². The van der Waals surface area contributed by atoms with Gasteiger partial charge >= 0.3 is 0 Å². The van der Waals surface area contributed by atoms with Crippen LogP contribution in [0.3, 0.4) is 0 Å². The quantitative estimate of drug-likeness (QED) is 0.650. The molecule has 0 spiro atoms. The Morgan fingerprint density at radius 2 is 1.75 bits per heavy atom. The molecule has 0 aliphatic carbocycles. The minimum Gasteiger partial charge on any atom is -0.495 e. The van der Waals surface area contributed by atoms with E-state index in [-0.39, 0.29) is 16.6 Å². The summed E-state index contributed by atoms with van der Waals surface area (Å²) in [7, 11) is -0.656. The molecule has 0 fully saturated rings. The van der Waals surface area contributed by atoms with Crippen molar-refractivity contribution in [3.63, 3.8) is 0 Å². The zero-order chi connectivity index (χ0) is 21.1. The van der Waals surface area contributed by atoms with Crippen LogP contribution in [0.25, 0.3) is 0 Å². The molecule has 28 heavy (non-hydrogen) atoms. The van der Waals surface area contributed by atoms with E-state index in [1.165, 1.54) is 18.1 Å². The smallest absolute Gasteiger partial charge is 0.246 e. The molecule has 0 heterocycles. The Balaban J connectivity index is 2.29. The van der Waals surface area contributed by atoms with Crippen LogP contribution in [0.15, 0.2) is 42.5 Å². The van der Waals surface area contributed by atoms with E-state index in [2.05, 4.69) is 0 Å². The lowest BCUT2D eigenvalue weighted by Gasteiger charge is -2.31. The Bertz CT molecular complexity index is 949. The summed E-state index contributed by atoms with van der Waals surface area (Å²) >= 11 is 12.0. The van der Waals surface area contributed by atoms with Gasteiger partial charge in [-0.1, -0.05) is 35.3 Å². The number of benzene rings is 2. The van der Waals surface area contributed by atoms with E-state index in [4.69, 9.17) is 27.9 Å². The molecule has 0 aromatic heterocycles. The van der Waals surface area contributed by atoms with Crippen molar-refractivity contribution in [3.05, 3.63) is 58.1 Å². The molecule has 0 bridgehead atoms. The number of carbonyl (C=O) groups is 1. The number of amides is 1. The van der Waals surface area contributed by atoms with Gasteiger partial charge < -0.3 is 9.64 Å². The summed E-state index contributed by atoms with van der Waals surface area (Å²) in [5.41, 5.74) is 1.17. The molecule has 0 N–H and O–H groups in total. The van der Waals surface area contributed by atoms with E-state index < -0.39 is 16.1 Å². The second-order valence-corrected chi connectivity index (χ2v) is 9.08. The van der Waals surface area contributed by atoms with Gasteiger partial charge in [-0.25, -0.2) is 8.42 Å². The predicted molar refractivity (Wildman–Crippen MR) is 113 cm³/mol. The molecule has 0 aliphatic heterocycles. The number of anilines is 1. The largest absolute Gasteiger partial charge is 0.495 e. The van der Waals surface area contributed by atoms with Crippen molar-refractivity contribution in [2.75, 3.05) is 24.7 Å². The molecule has 1 amide bonds. The fourth-order valence-corrected chi connectivity index (χ4v) is 4.39. The maximum Gasteiger partial charge on any atom is 0.246 e. The molecule has 6 nitrogen and oxygen atoms in total. The number of sulfonamides is 1.